The highest BCUT2D eigenvalue weighted by atomic mass is 16.5. The first-order valence-corrected chi connectivity index (χ1v) is 5.11. The fraction of sp³-hybridized carbons (Fsp3) is 0.800. The summed E-state index contributed by atoms with van der Waals surface area (Å²) >= 11 is 0. The predicted octanol–water partition coefficient (Wildman–Crippen LogP) is -0.280. The molecule has 4 N–H and O–H groups in total. The Hall–Kier alpha value is -1.14. The number of carboxylic acid groups (broad SMARTS) is 1. The first kappa shape index (κ1) is 14.9. The molecule has 16 heavy (non-hydrogen) atoms. The zero-order chi connectivity index (χ0) is 12.8. The van der Waals surface area contributed by atoms with E-state index in [-0.39, 0.29) is 0 Å². The minimum atomic E-state index is -1.30. The van der Waals surface area contributed by atoms with E-state index in [1.165, 1.54) is 13.8 Å². The Balaban J connectivity index is 4.10. The molecular formula is C10H20N2O4. The molecule has 0 spiro atoms. The summed E-state index contributed by atoms with van der Waals surface area (Å²) in [4.78, 5) is 22.3. The number of carbonyl (C=O) groups is 2. The van der Waals surface area contributed by atoms with Gasteiger partial charge in [-0.3, -0.25) is 4.79 Å². The van der Waals surface area contributed by atoms with Crippen molar-refractivity contribution in [1.82, 2.24) is 5.32 Å². The van der Waals surface area contributed by atoms with Gasteiger partial charge in [0.05, 0.1) is 6.04 Å². The molecule has 0 saturated heterocycles. The summed E-state index contributed by atoms with van der Waals surface area (Å²) in [6.45, 7) is 3.35. The molecule has 0 aromatic carbocycles. The van der Waals surface area contributed by atoms with E-state index in [1.807, 2.05) is 0 Å². The Morgan fingerprint density at radius 3 is 2.50 bits per heavy atom. The van der Waals surface area contributed by atoms with Crippen molar-refractivity contribution < 1.29 is 19.4 Å². The molecule has 1 unspecified atom stereocenters. The number of amides is 1. The van der Waals surface area contributed by atoms with Crippen molar-refractivity contribution in [2.24, 2.45) is 5.73 Å². The molecule has 0 aromatic rings. The van der Waals surface area contributed by atoms with Crippen molar-refractivity contribution in [3.05, 3.63) is 0 Å². The summed E-state index contributed by atoms with van der Waals surface area (Å²) in [6, 6.07) is -0.700. The van der Waals surface area contributed by atoms with Crippen LogP contribution in [0.1, 0.15) is 26.7 Å². The molecular weight excluding hydrogens is 212 g/mol. The fourth-order valence-electron chi connectivity index (χ4n) is 1.03. The third kappa shape index (κ3) is 5.09. The first-order chi connectivity index (χ1) is 7.31. The minimum Gasteiger partial charge on any atom is -0.480 e. The number of nitrogens with two attached hydrogens (primary N) is 1. The quantitative estimate of drug-likeness (QED) is 0.524. The van der Waals surface area contributed by atoms with Crippen LogP contribution >= 0.6 is 0 Å². The molecule has 0 aromatic heterocycles. The molecule has 0 radical (unpaired) electrons. The van der Waals surface area contributed by atoms with Crippen LogP contribution in [0.15, 0.2) is 0 Å². The van der Waals surface area contributed by atoms with E-state index >= 15 is 0 Å². The van der Waals surface area contributed by atoms with Gasteiger partial charge >= 0.3 is 5.97 Å². The van der Waals surface area contributed by atoms with E-state index in [4.69, 9.17) is 15.6 Å². The zero-order valence-corrected chi connectivity index (χ0v) is 9.95. The van der Waals surface area contributed by atoms with E-state index < -0.39 is 23.5 Å². The van der Waals surface area contributed by atoms with Gasteiger partial charge in [0.1, 0.15) is 5.54 Å². The number of methoxy groups -OCH3 is 1. The fourth-order valence-corrected chi connectivity index (χ4v) is 1.03. The van der Waals surface area contributed by atoms with Gasteiger partial charge in [-0.25, -0.2) is 4.79 Å². The molecule has 0 bridgehead atoms. The maximum Gasteiger partial charge on any atom is 0.328 e. The van der Waals surface area contributed by atoms with E-state index in [1.54, 1.807) is 7.11 Å². The van der Waals surface area contributed by atoms with Crippen LogP contribution in [-0.4, -0.2) is 42.3 Å². The van der Waals surface area contributed by atoms with Crippen LogP contribution in [0, 0.1) is 0 Å². The van der Waals surface area contributed by atoms with Crippen LogP contribution in [-0.2, 0) is 14.3 Å². The number of aliphatic carboxylic acids is 1. The lowest BCUT2D eigenvalue weighted by atomic mass is 10.0. The maximum atomic E-state index is 11.5. The largest absolute Gasteiger partial charge is 0.480 e. The first-order valence-electron chi connectivity index (χ1n) is 5.11. The highest BCUT2D eigenvalue weighted by Crippen LogP contribution is 2.03. The van der Waals surface area contributed by atoms with Crippen molar-refractivity contribution in [3.63, 3.8) is 0 Å². The lowest BCUT2D eigenvalue weighted by Gasteiger charge is -2.23. The van der Waals surface area contributed by atoms with E-state index in [2.05, 4.69) is 5.32 Å². The second-order valence-corrected chi connectivity index (χ2v) is 4.16. The smallest absolute Gasteiger partial charge is 0.328 e. The summed E-state index contributed by atoms with van der Waals surface area (Å²) in [7, 11) is 1.57. The van der Waals surface area contributed by atoms with Gasteiger partial charge < -0.3 is 20.9 Å². The Bertz CT molecular complexity index is 253. The van der Waals surface area contributed by atoms with E-state index in [0.717, 1.165) is 0 Å². The van der Waals surface area contributed by atoms with Crippen LogP contribution < -0.4 is 11.1 Å². The molecule has 6 heteroatoms. The number of hydrogen-bond donors (Lipinski definition) is 3. The highest BCUT2D eigenvalue weighted by Gasteiger charge is 2.30. The van der Waals surface area contributed by atoms with Crippen molar-refractivity contribution >= 4 is 11.9 Å². The summed E-state index contributed by atoms with van der Waals surface area (Å²) in [5.74, 6) is -1.55. The maximum absolute atomic E-state index is 11.5. The summed E-state index contributed by atoms with van der Waals surface area (Å²) in [5.41, 5.74) is 4.31. The van der Waals surface area contributed by atoms with Gasteiger partial charge in [-0.05, 0) is 26.7 Å². The Morgan fingerprint density at radius 2 is 2.06 bits per heavy atom. The van der Waals surface area contributed by atoms with Crippen molar-refractivity contribution in [1.29, 1.82) is 0 Å². The summed E-state index contributed by atoms with van der Waals surface area (Å²) in [6.07, 6.45) is 1.13. The molecule has 0 fully saturated rings. The number of carboxylic acids is 1. The normalized spacial score (nSPS) is 13.2. The van der Waals surface area contributed by atoms with Gasteiger partial charge in [0, 0.05) is 13.7 Å². The van der Waals surface area contributed by atoms with Gasteiger partial charge in [0.25, 0.3) is 0 Å². The van der Waals surface area contributed by atoms with Crippen molar-refractivity contribution in [2.75, 3.05) is 13.7 Å². The lowest BCUT2D eigenvalue weighted by Crippen LogP contribution is -2.54. The Kier molecular flexibility index (Phi) is 5.98. The molecule has 0 rings (SSSR count). The third-order valence-corrected chi connectivity index (χ3v) is 2.17. The Labute approximate surface area is 95.1 Å². The molecule has 1 atom stereocenters. The highest BCUT2D eigenvalue weighted by molar-refractivity contribution is 5.88. The topological polar surface area (TPSA) is 102 Å². The van der Waals surface area contributed by atoms with Gasteiger partial charge in [-0.1, -0.05) is 0 Å². The van der Waals surface area contributed by atoms with Gasteiger partial charge in [0.2, 0.25) is 5.91 Å². The van der Waals surface area contributed by atoms with Gasteiger partial charge in [0.15, 0.2) is 0 Å². The lowest BCUT2D eigenvalue weighted by molar-refractivity contribution is -0.146. The number of nitrogens with one attached hydrogen (secondary N) is 1. The van der Waals surface area contributed by atoms with Crippen LogP contribution in [0.3, 0.4) is 0 Å². The molecule has 0 aliphatic carbocycles. The zero-order valence-electron chi connectivity index (χ0n) is 9.95. The van der Waals surface area contributed by atoms with Crippen molar-refractivity contribution in [2.45, 2.75) is 38.3 Å². The van der Waals surface area contributed by atoms with Crippen molar-refractivity contribution in [3.8, 4) is 0 Å². The van der Waals surface area contributed by atoms with Crippen LogP contribution in [0.25, 0.3) is 0 Å². The number of carbonyl (C=O) groups excluding carboxylic acids is 1. The van der Waals surface area contributed by atoms with Crippen LogP contribution in [0.5, 0.6) is 0 Å². The van der Waals surface area contributed by atoms with E-state index in [9.17, 15) is 9.59 Å². The average Bonchev–Trinajstić information content (AvgIpc) is 2.17. The van der Waals surface area contributed by atoms with Gasteiger partial charge in [-0.2, -0.15) is 0 Å². The van der Waals surface area contributed by atoms with E-state index in [0.29, 0.717) is 19.4 Å². The minimum absolute atomic E-state index is 0.455. The number of ether oxygens (including phenoxy) is 1. The van der Waals surface area contributed by atoms with Crippen LogP contribution in [0.4, 0.5) is 0 Å². The molecule has 6 nitrogen and oxygen atoms in total. The molecule has 0 saturated carbocycles. The summed E-state index contributed by atoms with van der Waals surface area (Å²) in [5, 5.41) is 11.2. The molecule has 0 heterocycles. The summed E-state index contributed by atoms with van der Waals surface area (Å²) < 4.78 is 4.83. The van der Waals surface area contributed by atoms with Gasteiger partial charge in [-0.15, -0.1) is 0 Å². The molecule has 94 valence electrons. The standard InChI is InChI=1S/C10H20N2O4/c1-10(2,9(14)15)12-8(13)7(11)5-4-6-16-3/h7H,4-6,11H2,1-3H3,(H,12,13)(H,14,15). The third-order valence-electron chi connectivity index (χ3n) is 2.17. The monoisotopic (exact) mass is 232 g/mol. The SMILES string of the molecule is COCCCC(N)C(=O)NC(C)(C)C(=O)O. The molecule has 0 aliphatic heterocycles. The predicted molar refractivity (Wildman–Crippen MR) is 58.9 cm³/mol. The van der Waals surface area contributed by atoms with Crippen LogP contribution in [0.2, 0.25) is 0 Å². The molecule has 0 aliphatic rings. The average molecular weight is 232 g/mol. The Morgan fingerprint density at radius 1 is 1.50 bits per heavy atom. The number of rotatable bonds is 7. The second-order valence-electron chi connectivity index (χ2n) is 4.16. The number of hydrogen-bond acceptors (Lipinski definition) is 4. The second kappa shape index (κ2) is 6.44. The molecule has 1 amide bonds.